The Morgan fingerprint density at radius 1 is 1.04 bits per heavy atom. The summed E-state index contributed by atoms with van der Waals surface area (Å²) in [6.45, 7) is 0. The molecule has 130 valence electrons. The Hall–Kier alpha value is -2.76. The number of halogens is 1. The predicted molar refractivity (Wildman–Crippen MR) is 110 cm³/mol. The number of fused-ring (bicyclic) bond motifs is 1. The highest BCUT2D eigenvalue weighted by molar-refractivity contribution is 7.07. The summed E-state index contributed by atoms with van der Waals surface area (Å²) in [4.78, 5) is 15.4. The number of aromatic nitrogens is 1. The summed E-state index contributed by atoms with van der Waals surface area (Å²) < 4.78 is 0. The molecule has 2 aromatic carbocycles. The van der Waals surface area contributed by atoms with Gasteiger partial charge in [0.25, 0.3) is 0 Å². The van der Waals surface area contributed by atoms with Gasteiger partial charge in [-0.05, 0) is 64.7 Å². The van der Waals surface area contributed by atoms with Crippen molar-refractivity contribution in [3.63, 3.8) is 0 Å². The van der Waals surface area contributed by atoms with Gasteiger partial charge < -0.3 is 15.6 Å². The van der Waals surface area contributed by atoms with Crippen LogP contribution in [0, 0.1) is 0 Å². The molecule has 4 aromatic rings. The topological polar surface area (TPSA) is 56.9 Å². The summed E-state index contributed by atoms with van der Waals surface area (Å²) in [6.07, 6.45) is 2.65. The summed E-state index contributed by atoms with van der Waals surface area (Å²) in [6, 6.07) is 15.2. The number of nitrogens with one attached hydrogen (secondary N) is 3. The molecule has 3 N–H and O–H groups in total. The predicted octanol–water partition coefficient (Wildman–Crippen LogP) is 6.12. The Morgan fingerprint density at radius 2 is 1.88 bits per heavy atom. The van der Waals surface area contributed by atoms with Crippen molar-refractivity contribution in [1.82, 2.24) is 4.98 Å². The van der Waals surface area contributed by atoms with Gasteiger partial charge in [-0.2, -0.15) is 11.3 Å². The highest BCUT2D eigenvalue weighted by Crippen LogP contribution is 2.26. The minimum Gasteiger partial charge on any atom is -0.359 e. The lowest BCUT2D eigenvalue weighted by molar-refractivity contribution is 0.262. The number of benzene rings is 2. The second kappa shape index (κ2) is 7.23. The van der Waals surface area contributed by atoms with Crippen LogP contribution in [-0.2, 0) is 6.42 Å². The standard InChI is InChI=1S/C20H16ClN3OS/c21-15-3-6-18-17(10-15)19(11-22-18)24-20(25)23-16-4-1-13(2-5-16)9-14-7-8-26-12-14/h1-8,10-12,22H,9H2,(H2,23,24,25). The zero-order valence-electron chi connectivity index (χ0n) is 13.8. The van der Waals surface area contributed by atoms with Crippen molar-refractivity contribution in [2.75, 3.05) is 10.6 Å². The number of anilines is 2. The summed E-state index contributed by atoms with van der Waals surface area (Å²) in [7, 11) is 0. The summed E-state index contributed by atoms with van der Waals surface area (Å²) in [5.41, 5.74) is 4.86. The molecule has 0 aliphatic heterocycles. The minimum absolute atomic E-state index is 0.295. The Morgan fingerprint density at radius 3 is 2.65 bits per heavy atom. The highest BCUT2D eigenvalue weighted by atomic mass is 35.5. The van der Waals surface area contributed by atoms with Crippen LogP contribution in [0.25, 0.3) is 10.9 Å². The molecule has 0 saturated carbocycles. The number of hydrogen-bond acceptors (Lipinski definition) is 2. The molecule has 0 spiro atoms. The van der Waals surface area contributed by atoms with Crippen LogP contribution in [-0.4, -0.2) is 11.0 Å². The second-order valence-electron chi connectivity index (χ2n) is 5.98. The number of carbonyl (C=O) groups is 1. The molecule has 6 heteroatoms. The molecule has 0 fully saturated rings. The van der Waals surface area contributed by atoms with E-state index in [1.165, 1.54) is 11.1 Å². The van der Waals surface area contributed by atoms with Crippen LogP contribution in [0.3, 0.4) is 0 Å². The normalized spacial score (nSPS) is 10.8. The summed E-state index contributed by atoms with van der Waals surface area (Å²) in [5.74, 6) is 0. The third-order valence-corrected chi connectivity index (χ3v) is 5.06. The molecule has 4 rings (SSSR count). The SMILES string of the molecule is O=C(Nc1ccc(Cc2ccsc2)cc1)Nc1c[nH]c2ccc(Cl)cc12. The minimum atomic E-state index is -0.295. The maximum absolute atomic E-state index is 12.3. The Labute approximate surface area is 159 Å². The third-order valence-electron chi connectivity index (χ3n) is 4.09. The fourth-order valence-corrected chi connectivity index (χ4v) is 3.66. The van der Waals surface area contributed by atoms with Crippen molar-refractivity contribution in [2.24, 2.45) is 0 Å². The van der Waals surface area contributed by atoms with Crippen molar-refractivity contribution in [3.8, 4) is 0 Å². The monoisotopic (exact) mass is 381 g/mol. The van der Waals surface area contributed by atoms with E-state index in [1.807, 2.05) is 42.5 Å². The molecule has 0 atom stereocenters. The number of carbonyl (C=O) groups excluding carboxylic acids is 1. The molecule has 0 bridgehead atoms. The number of hydrogen-bond donors (Lipinski definition) is 3. The van der Waals surface area contributed by atoms with Gasteiger partial charge in [0.1, 0.15) is 0 Å². The van der Waals surface area contributed by atoms with Gasteiger partial charge in [0.05, 0.1) is 5.69 Å². The van der Waals surface area contributed by atoms with Crippen LogP contribution in [0.1, 0.15) is 11.1 Å². The van der Waals surface area contributed by atoms with Crippen LogP contribution in [0.15, 0.2) is 65.5 Å². The van der Waals surface area contributed by atoms with Crippen LogP contribution in [0.5, 0.6) is 0 Å². The summed E-state index contributed by atoms with van der Waals surface area (Å²) in [5, 5.41) is 11.4. The van der Waals surface area contributed by atoms with Gasteiger partial charge in [0, 0.05) is 27.8 Å². The van der Waals surface area contributed by atoms with E-state index in [0.717, 1.165) is 23.0 Å². The highest BCUT2D eigenvalue weighted by Gasteiger charge is 2.08. The largest absolute Gasteiger partial charge is 0.359 e. The lowest BCUT2D eigenvalue weighted by atomic mass is 10.1. The van der Waals surface area contributed by atoms with Gasteiger partial charge in [0.15, 0.2) is 0 Å². The molecular weight excluding hydrogens is 366 g/mol. The molecular formula is C20H16ClN3OS. The van der Waals surface area contributed by atoms with Crippen molar-refractivity contribution < 1.29 is 4.79 Å². The molecule has 2 heterocycles. The van der Waals surface area contributed by atoms with Crippen LogP contribution < -0.4 is 10.6 Å². The van der Waals surface area contributed by atoms with E-state index in [4.69, 9.17) is 11.6 Å². The van der Waals surface area contributed by atoms with Gasteiger partial charge in [-0.25, -0.2) is 4.79 Å². The van der Waals surface area contributed by atoms with Crippen LogP contribution in [0.2, 0.25) is 5.02 Å². The van der Waals surface area contributed by atoms with Crippen LogP contribution >= 0.6 is 22.9 Å². The Bertz CT molecular complexity index is 1040. The maximum Gasteiger partial charge on any atom is 0.323 e. The number of H-pyrrole nitrogens is 1. The van der Waals surface area contributed by atoms with Gasteiger partial charge in [0.2, 0.25) is 0 Å². The third kappa shape index (κ3) is 3.74. The average Bonchev–Trinajstić information content (AvgIpc) is 3.27. The number of urea groups is 1. The van der Waals surface area contributed by atoms with E-state index in [2.05, 4.69) is 32.4 Å². The average molecular weight is 382 g/mol. The number of amides is 2. The van der Waals surface area contributed by atoms with Crippen molar-refractivity contribution in [3.05, 3.63) is 81.6 Å². The van der Waals surface area contributed by atoms with Crippen LogP contribution in [0.4, 0.5) is 16.2 Å². The van der Waals surface area contributed by atoms with Gasteiger partial charge >= 0.3 is 6.03 Å². The second-order valence-corrected chi connectivity index (χ2v) is 7.19. The molecule has 0 saturated heterocycles. The molecule has 2 amide bonds. The van der Waals surface area contributed by atoms with E-state index < -0.39 is 0 Å². The van der Waals surface area contributed by atoms with Gasteiger partial charge in [-0.1, -0.05) is 23.7 Å². The van der Waals surface area contributed by atoms with Gasteiger partial charge in [-0.3, -0.25) is 0 Å². The molecule has 0 unspecified atom stereocenters. The molecule has 0 radical (unpaired) electrons. The quantitative estimate of drug-likeness (QED) is 0.392. The first-order valence-electron chi connectivity index (χ1n) is 8.12. The van der Waals surface area contributed by atoms with Crippen molar-refractivity contribution in [1.29, 1.82) is 0 Å². The summed E-state index contributed by atoms with van der Waals surface area (Å²) >= 11 is 7.74. The molecule has 2 aromatic heterocycles. The van der Waals surface area contributed by atoms with E-state index in [1.54, 1.807) is 17.5 Å². The number of thiophene rings is 1. The van der Waals surface area contributed by atoms with E-state index in [9.17, 15) is 4.79 Å². The lowest BCUT2D eigenvalue weighted by Crippen LogP contribution is -2.19. The van der Waals surface area contributed by atoms with E-state index in [-0.39, 0.29) is 6.03 Å². The number of rotatable bonds is 4. The van der Waals surface area contributed by atoms with E-state index >= 15 is 0 Å². The van der Waals surface area contributed by atoms with E-state index in [0.29, 0.717) is 10.7 Å². The Kier molecular flexibility index (Phi) is 4.65. The molecule has 0 aliphatic carbocycles. The van der Waals surface area contributed by atoms with Gasteiger partial charge in [-0.15, -0.1) is 0 Å². The van der Waals surface area contributed by atoms with Crippen molar-refractivity contribution >= 4 is 51.2 Å². The lowest BCUT2D eigenvalue weighted by Gasteiger charge is -2.08. The zero-order chi connectivity index (χ0) is 17.9. The molecule has 0 aliphatic rings. The fourth-order valence-electron chi connectivity index (χ4n) is 2.82. The smallest absolute Gasteiger partial charge is 0.323 e. The molecule has 26 heavy (non-hydrogen) atoms. The zero-order valence-corrected chi connectivity index (χ0v) is 15.3. The molecule has 4 nitrogen and oxygen atoms in total. The number of aromatic amines is 1. The Balaban J connectivity index is 1.42. The first-order valence-corrected chi connectivity index (χ1v) is 9.44. The first-order chi connectivity index (χ1) is 12.7. The first kappa shape index (κ1) is 16.7. The van der Waals surface area contributed by atoms with Crippen molar-refractivity contribution in [2.45, 2.75) is 6.42 Å². The fraction of sp³-hybridized carbons (Fsp3) is 0.0500. The maximum atomic E-state index is 12.3.